The van der Waals surface area contributed by atoms with E-state index in [1.165, 1.54) is 12.0 Å². The standard InChI is InChI=1S/C14H23NO.C3H8O/c1-13(2)8-9-15-10-11-16-12-14-6-4-3-5-7-14;1-3-4-2/h3-7,13,15H,8-12H2,1-2H3;3H2,1-2H3. The van der Waals surface area contributed by atoms with E-state index in [-0.39, 0.29) is 0 Å². The Balaban J connectivity index is 0.000000796. The Kier molecular flexibility index (Phi) is 13.9. The van der Waals surface area contributed by atoms with Gasteiger partial charge in [0.05, 0.1) is 13.2 Å². The first-order chi connectivity index (χ1) is 9.70. The fourth-order valence-electron chi connectivity index (χ4n) is 1.42. The third kappa shape index (κ3) is 13.5. The van der Waals surface area contributed by atoms with Crippen LogP contribution in [0.25, 0.3) is 0 Å². The molecule has 1 aromatic rings. The molecule has 0 aliphatic rings. The van der Waals surface area contributed by atoms with Crippen molar-refractivity contribution in [3.63, 3.8) is 0 Å². The van der Waals surface area contributed by atoms with Crippen molar-refractivity contribution in [1.29, 1.82) is 0 Å². The van der Waals surface area contributed by atoms with Crippen LogP contribution < -0.4 is 5.32 Å². The second-order valence-electron chi connectivity index (χ2n) is 5.05. The minimum absolute atomic E-state index is 0.715. The molecule has 0 atom stereocenters. The molecule has 0 saturated heterocycles. The van der Waals surface area contributed by atoms with Crippen LogP contribution in [0, 0.1) is 5.92 Å². The lowest BCUT2D eigenvalue weighted by Crippen LogP contribution is -2.21. The quantitative estimate of drug-likeness (QED) is 0.703. The van der Waals surface area contributed by atoms with E-state index in [4.69, 9.17) is 4.74 Å². The molecule has 20 heavy (non-hydrogen) atoms. The van der Waals surface area contributed by atoms with Gasteiger partial charge >= 0.3 is 0 Å². The smallest absolute Gasteiger partial charge is 0.0717 e. The summed E-state index contributed by atoms with van der Waals surface area (Å²) in [4.78, 5) is 0. The van der Waals surface area contributed by atoms with E-state index >= 15 is 0 Å². The van der Waals surface area contributed by atoms with Crippen LogP contribution in [0.3, 0.4) is 0 Å². The van der Waals surface area contributed by atoms with Crippen molar-refractivity contribution in [3.05, 3.63) is 35.9 Å². The molecule has 1 N–H and O–H groups in total. The zero-order chi connectivity index (χ0) is 15.1. The van der Waals surface area contributed by atoms with Crippen molar-refractivity contribution in [1.82, 2.24) is 5.32 Å². The van der Waals surface area contributed by atoms with Crippen molar-refractivity contribution in [2.24, 2.45) is 5.92 Å². The maximum absolute atomic E-state index is 5.56. The van der Waals surface area contributed by atoms with Gasteiger partial charge in [0.2, 0.25) is 0 Å². The maximum Gasteiger partial charge on any atom is 0.0717 e. The number of hydrogen-bond donors (Lipinski definition) is 1. The van der Waals surface area contributed by atoms with E-state index in [0.29, 0.717) is 6.61 Å². The molecule has 1 rings (SSSR count). The molecule has 3 heteroatoms. The summed E-state index contributed by atoms with van der Waals surface area (Å²) in [6.07, 6.45) is 1.23. The van der Waals surface area contributed by atoms with Gasteiger partial charge in [-0.3, -0.25) is 0 Å². The van der Waals surface area contributed by atoms with Gasteiger partial charge in [0.25, 0.3) is 0 Å². The van der Waals surface area contributed by atoms with Crippen LogP contribution in [-0.2, 0) is 16.1 Å². The van der Waals surface area contributed by atoms with Crippen LogP contribution in [0.1, 0.15) is 32.8 Å². The van der Waals surface area contributed by atoms with Crippen LogP contribution in [0.2, 0.25) is 0 Å². The molecule has 0 aromatic heterocycles. The lowest BCUT2D eigenvalue weighted by Gasteiger charge is -2.07. The molecule has 0 bridgehead atoms. The molecule has 0 amide bonds. The molecular formula is C17H31NO2. The Hall–Kier alpha value is -0.900. The Labute approximate surface area is 124 Å². The second kappa shape index (κ2) is 14.5. The van der Waals surface area contributed by atoms with E-state index in [2.05, 4.69) is 36.0 Å². The van der Waals surface area contributed by atoms with Crippen LogP contribution in [0.5, 0.6) is 0 Å². The highest BCUT2D eigenvalue weighted by Crippen LogP contribution is 2.00. The topological polar surface area (TPSA) is 30.5 Å². The lowest BCUT2D eigenvalue weighted by molar-refractivity contribution is 0.122. The van der Waals surface area contributed by atoms with Gasteiger partial charge in [-0.25, -0.2) is 0 Å². The molecule has 0 heterocycles. The Morgan fingerprint density at radius 3 is 2.30 bits per heavy atom. The zero-order valence-corrected chi connectivity index (χ0v) is 13.5. The highest BCUT2D eigenvalue weighted by Gasteiger charge is 1.94. The number of hydrogen-bond acceptors (Lipinski definition) is 3. The largest absolute Gasteiger partial charge is 0.385 e. The van der Waals surface area contributed by atoms with E-state index in [0.717, 1.165) is 32.2 Å². The minimum atomic E-state index is 0.715. The predicted octanol–water partition coefficient (Wildman–Crippen LogP) is 3.49. The molecule has 3 nitrogen and oxygen atoms in total. The first-order valence-corrected chi connectivity index (χ1v) is 7.52. The number of ether oxygens (including phenoxy) is 2. The van der Waals surface area contributed by atoms with E-state index in [1.54, 1.807) is 7.11 Å². The third-order valence-corrected chi connectivity index (χ3v) is 2.72. The molecule has 0 saturated carbocycles. The summed E-state index contributed by atoms with van der Waals surface area (Å²) < 4.78 is 10.1. The normalized spacial score (nSPS) is 10.2. The molecule has 1 aromatic carbocycles. The predicted molar refractivity (Wildman–Crippen MR) is 86.0 cm³/mol. The van der Waals surface area contributed by atoms with Crippen LogP contribution in [0.4, 0.5) is 0 Å². The van der Waals surface area contributed by atoms with Crippen LogP contribution in [-0.4, -0.2) is 33.4 Å². The Morgan fingerprint density at radius 1 is 1.10 bits per heavy atom. The summed E-state index contributed by atoms with van der Waals surface area (Å²) in [7, 11) is 1.68. The molecule has 116 valence electrons. The summed E-state index contributed by atoms with van der Waals surface area (Å²) in [5.74, 6) is 0.776. The molecular weight excluding hydrogens is 250 g/mol. The summed E-state index contributed by atoms with van der Waals surface area (Å²) in [6, 6.07) is 10.3. The molecule has 0 aliphatic heterocycles. The number of rotatable bonds is 9. The van der Waals surface area contributed by atoms with E-state index in [1.807, 2.05) is 25.1 Å². The van der Waals surface area contributed by atoms with Gasteiger partial charge in [0, 0.05) is 20.3 Å². The van der Waals surface area contributed by atoms with Crippen LogP contribution >= 0.6 is 0 Å². The second-order valence-corrected chi connectivity index (χ2v) is 5.05. The molecule has 0 aliphatic carbocycles. The van der Waals surface area contributed by atoms with Crippen molar-refractivity contribution >= 4 is 0 Å². The molecule has 0 spiro atoms. The Morgan fingerprint density at radius 2 is 1.75 bits per heavy atom. The SMILES string of the molecule is CC(C)CCNCCOCc1ccccc1.CCOC. The minimum Gasteiger partial charge on any atom is -0.385 e. The summed E-state index contributed by atoms with van der Waals surface area (Å²) in [5.41, 5.74) is 1.24. The Bertz CT molecular complexity index is 286. The van der Waals surface area contributed by atoms with Gasteiger partial charge in [0.15, 0.2) is 0 Å². The third-order valence-electron chi connectivity index (χ3n) is 2.72. The summed E-state index contributed by atoms with van der Waals surface area (Å²) in [5, 5.41) is 3.38. The molecule has 0 radical (unpaired) electrons. The first kappa shape index (κ1) is 19.1. The van der Waals surface area contributed by atoms with Gasteiger partial charge in [-0.1, -0.05) is 44.2 Å². The highest BCUT2D eigenvalue weighted by atomic mass is 16.5. The number of benzene rings is 1. The van der Waals surface area contributed by atoms with Gasteiger partial charge in [-0.2, -0.15) is 0 Å². The fourth-order valence-corrected chi connectivity index (χ4v) is 1.42. The summed E-state index contributed by atoms with van der Waals surface area (Å²) >= 11 is 0. The van der Waals surface area contributed by atoms with Crippen molar-refractivity contribution in [3.8, 4) is 0 Å². The van der Waals surface area contributed by atoms with Crippen LogP contribution in [0.15, 0.2) is 30.3 Å². The maximum atomic E-state index is 5.56. The number of nitrogens with one attached hydrogen (secondary N) is 1. The van der Waals surface area contributed by atoms with Gasteiger partial charge in [-0.05, 0) is 31.4 Å². The van der Waals surface area contributed by atoms with E-state index < -0.39 is 0 Å². The molecule has 0 fully saturated rings. The lowest BCUT2D eigenvalue weighted by atomic mass is 10.1. The molecule has 0 unspecified atom stereocenters. The van der Waals surface area contributed by atoms with Gasteiger partial charge in [0.1, 0.15) is 0 Å². The van der Waals surface area contributed by atoms with Gasteiger partial charge < -0.3 is 14.8 Å². The van der Waals surface area contributed by atoms with Crippen molar-refractivity contribution < 1.29 is 9.47 Å². The fraction of sp³-hybridized carbons (Fsp3) is 0.647. The first-order valence-electron chi connectivity index (χ1n) is 7.52. The zero-order valence-electron chi connectivity index (χ0n) is 13.5. The average Bonchev–Trinajstić information content (AvgIpc) is 2.47. The average molecular weight is 281 g/mol. The van der Waals surface area contributed by atoms with Crippen molar-refractivity contribution in [2.45, 2.75) is 33.8 Å². The van der Waals surface area contributed by atoms with E-state index in [9.17, 15) is 0 Å². The van der Waals surface area contributed by atoms with Gasteiger partial charge in [-0.15, -0.1) is 0 Å². The summed E-state index contributed by atoms with van der Waals surface area (Å²) in [6.45, 7) is 10.8. The van der Waals surface area contributed by atoms with Crippen molar-refractivity contribution in [2.75, 3.05) is 33.4 Å². The monoisotopic (exact) mass is 281 g/mol. The number of methoxy groups -OCH3 is 1. The highest BCUT2D eigenvalue weighted by molar-refractivity contribution is 5.13.